The molecule has 5 nitrogen and oxygen atoms in total. The quantitative estimate of drug-likeness (QED) is 0.942. The van der Waals surface area contributed by atoms with Gasteiger partial charge in [-0.1, -0.05) is 11.6 Å². The minimum Gasteiger partial charge on any atom is -0.497 e. The van der Waals surface area contributed by atoms with E-state index in [2.05, 4.69) is 10.3 Å². The lowest BCUT2D eigenvalue weighted by molar-refractivity contribution is 0.102. The van der Waals surface area contributed by atoms with Gasteiger partial charge in [0, 0.05) is 12.3 Å². The third-order valence-corrected chi connectivity index (χ3v) is 2.78. The summed E-state index contributed by atoms with van der Waals surface area (Å²) in [4.78, 5) is 15.9. The highest BCUT2D eigenvalue weighted by Gasteiger charge is 2.11. The molecular formula is C14H10ClN3O2. The molecule has 100 valence electrons. The van der Waals surface area contributed by atoms with Crippen LogP contribution in [0.1, 0.15) is 16.1 Å². The zero-order chi connectivity index (χ0) is 14.5. The molecule has 0 fully saturated rings. The molecule has 1 aromatic carbocycles. The van der Waals surface area contributed by atoms with Crippen LogP contribution in [0.4, 0.5) is 5.69 Å². The first kappa shape index (κ1) is 13.8. The molecule has 6 heteroatoms. The van der Waals surface area contributed by atoms with Crippen molar-refractivity contribution in [1.29, 1.82) is 5.26 Å². The number of amides is 1. The second kappa shape index (κ2) is 6.04. The van der Waals surface area contributed by atoms with Crippen LogP contribution in [0.15, 0.2) is 36.5 Å². The van der Waals surface area contributed by atoms with Gasteiger partial charge >= 0.3 is 0 Å². The maximum Gasteiger partial charge on any atom is 0.274 e. The molecule has 0 radical (unpaired) electrons. The topological polar surface area (TPSA) is 75.0 Å². The maximum absolute atomic E-state index is 12.0. The van der Waals surface area contributed by atoms with Gasteiger partial charge in [0.2, 0.25) is 0 Å². The standard InChI is InChI=1S/C14H10ClN3O2/c1-20-11-4-2-9(7-16)13(6-11)18-14(19)12-5-3-10(15)8-17-12/h2-6,8H,1H3,(H,18,19). The third-order valence-electron chi connectivity index (χ3n) is 2.56. The minimum absolute atomic E-state index is 0.209. The zero-order valence-corrected chi connectivity index (χ0v) is 11.3. The largest absolute Gasteiger partial charge is 0.497 e. The number of carbonyl (C=O) groups excluding carboxylic acids is 1. The van der Waals surface area contributed by atoms with Crippen molar-refractivity contribution in [3.63, 3.8) is 0 Å². The first-order chi connectivity index (χ1) is 9.63. The van der Waals surface area contributed by atoms with Crippen LogP contribution in [0.2, 0.25) is 5.02 Å². The molecule has 1 N–H and O–H groups in total. The van der Waals surface area contributed by atoms with Gasteiger partial charge < -0.3 is 10.1 Å². The second-order valence-corrected chi connectivity index (χ2v) is 4.28. The lowest BCUT2D eigenvalue weighted by Gasteiger charge is -2.08. The Hall–Kier alpha value is -2.58. The monoisotopic (exact) mass is 287 g/mol. The Morgan fingerprint density at radius 1 is 1.40 bits per heavy atom. The summed E-state index contributed by atoms with van der Waals surface area (Å²) in [7, 11) is 1.51. The van der Waals surface area contributed by atoms with E-state index >= 15 is 0 Å². The molecule has 1 heterocycles. The number of nitrogens with zero attached hydrogens (tertiary/aromatic N) is 2. The highest BCUT2D eigenvalue weighted by molar-refractivity contribution is 6.30. The fourth-order valence-electron chi connectivity index (χ4n) is 1.55. The molecule has 0 aliphatic heterocycles. The highest BCUT2D eigenvalue weighted by atomic mass is 35.5. The molecule has 0 atom stereocenters. The Kier molecular flexibility index (Phi) is 4.18. The Bertz CT molecular complexity index is 678. The fraction of sp³-hybridized carbons (Fsp3) is 0.0714. The van der Waals surface area contributed by atoms with Gasteiger partial charge in [-0.2, -0.15) is 5.26 Å². The number of halogens is 1. The van der Waals surface area contributed by atoms with E-state index in [1.807, 2.05) is 6.07 Å². The average molecular weight is 288 g/mol. The summed E-state index contributed by atoms with van der Waals surface area (Å²) >= 11 is 5.71. The normalized spacial score (nSPS) is 9.65. The number of rotatable bonds is 3. The first-order valence-corrected chi connectivity index (χ1v) is 6.03. The molecular weight excluding hydrogens is 278 g/mol. The van der Waals surface area contributed by atoms with Crippen molar-refractivity contribution in [3.8, 4) is 11.8 Å². The van der Waals surface area contributed by atoms with Crippen molar-refractivity contribution in [2.24, 2.45) is 0 Å². The zero-order valence-electron chi connectivity index (χ0n) is 10.6. The van der Waals surface area contributed by atoms with E-state index in [4.69, 9.17) is 21.6 Å². The number of ether oxygens (including phenoxy) is 1. The third kappa shape index (κ3) is 3.05. The van der Waals surface area contributed by atoms with Crippen LogP contribution in [0.25, 0.3) is 0 Å². The predicted octanol–water partition coefficient (Wildman–Crippen LogP) is 2.87. The van der Waals surface area contributed by atoms with Crippen molar-refractivity contribution in [3.05, 3.63) is 52.8 Å². The predicted molar refractivity (Wildman–Crippen MR) is 74.9 cm³/mol. The SMILES string of the molecule is COc1ccc(C#N)c(NC(=O)c2ccc(Cl)cn2)c1. The molecule has 0 saturated heterocycles. The number of anilines is 1. The first-order valence-electron chi connectivity index (χ1n) is 5.65. The van der Waals surface area contributed by atoms with Crippen LogP contribution in [-0.2, 0) is 0 Å². The van der Waals surface area contributed by atoms with Gasteiger partial charge in [-0.3, -0.25) is 4.79 Å². The molecule has 0 aliphatic rings. The molecule has 0 bridgehead atoms. The van der Waals surface area contributed by atoms with Crippen LogP contribution in [0, 0.1) is 11.3 Å². The molecule has 0 saturated carbocycles. The Morgan fingerprint density at radius 3 is 2.80 bits per heavy atom. The fourth-order valence-corrected chi connectivity index (χ4v) is 1.66. The number of pyridine rings is 1. The lowest BCUT2D eigenvalue weighted by atomic mass is 10.2. The van der Waals surface area contributed by atoms with E-state index < -0.39 is 5.91 Å². The maximum atomic E-state index is 12.0. The van der Waals surface area contributed by atoms with E-state index in [1.54, 1.807) is 24.3 Å². The number of aromatic nitrogens is 1. The van der Waals surface area contributed by atoms with Crippen molar-refractivity contribution in [1.82, 2.24) is 4.98 Å². The summed E-state index contributed by atoms with van der Waals surface area (Å²) in [5.74, 6) is 0.120. The Balaban J connectivity index is 2.27. The van der Waals surface area contributed by atoms with E-state index in [0.717, 1.165) is 0 Å². The van der Waals surface area contributed by atoms with Crippen molar-refractivity contribution in [2.45, 2.75) is 0 Å². The van der Waals surface area contributed by atoms with Crippen LogP contribution < -0.4 is 10.1 Å². The number of methoxy groups -OCH3 is 1. The molecule has 2 rings (SSSR count). The number of hydrogen-bond acceptors (Lipinski definition) is 4. The number of nitriles is 1. The Labute approximate surface area is 120 Å². The van der Waals surface area contributed by atoms with Crippen LogP contribution in [-0.4, -0.2) is 18.0 Å². The van der Waals surface area contributed by atoms with E-state index in [0.29, 0.717) is 22.0 Å². The summed E-state index contributed by atoms with van der Waals surface area (Å²) < 4.78 is 5.06. The number of nitrogens with one attached hydrogen (secondary N) is 1. The Morgan fingerprint density at radius 2 is 2.20 bits per heavy atom. The average Bonchev–Trinajstić information content (AvgIpc) is 2.47. The van der Waals surface area contributed by atoms with Crippen LogP contribution in [0.3, 0.4) is 0 Å². The lowest BCUT2D eigenvalue weighted by Crippen LogP contribution is -2.14. The number of carbonyl (C=O) groups is 1. The number of hydrogen-bond donors (Lipinski definition) is 1. The van der Waals surface area contributed by atoms with Crippen LogP contribution >= 0.6 is 11.6 Å². The number of benzene rings is 1. The van der Waals surface area contributed by atoms with Crippen molar-refractivity contribution in [2.75, 3.05) is 12.4 Å². The molecule has 0 spiro atoms. The summed E-state index contributed by atoms with van der Waals surface area (Å²) in [5, 5.41) is 12.1. The van der Waals surface area contributed by atoms with E-state index in [1.165, 1.54) is 19.4 Å². The van der Waals surface area contributed by atoms with Crippen molar-refractivity contribution >= 4 is 23.2 Å². The van der Waals surface area contributed by atoms with Crippen LogP contribution in [0.5, 0.6) is 5.75 Å². The van der Waals surface area contributed by atoms with Gasteiger partial charge in [-0.15, -0.1) is 0 Å². The van der Waals surface area contributed by atoms with Gasteiger partial charge in [0.25, 0.3) is 5.91 Å². The van der Waals surface area contributed by atoms with Gasteiger partial charge in [-0.05, 0) is 24.3 Å². The highest BCUT2D eigenvalue weighted by Crippen LogP contribution is 2.22. The minimum atomic E-state index is -0.425. The molecule has 0 unspecified atom stereocenters. The van der Waals surface area contributed by atoms with Gasteiger partial charge in [0.15, 0.2) is 0 Å². The van der Waals surface area contributed by atoms with E-state index in [9.17, 15) is 4.79 Å². The van der Waals surface area contributed by atoms with Crippen molar-refractivity contribution < 1.29 is 9.53 Å². The molecule has 1 amide bonds. The summed E-state index contributed by atoms with van der Waals surface area (Å²) in [6, 6.07) is 9.87. The molecule has 2 aromatic rings. The second-order valence-electron chi connectivity index (χ2n) is 3.84. The smallest absolute Gasteiger partial charge is 0.274 e. The summed E-state index contributed by atoms with van der Waals surface area (Å²) in [6.07, 6.45) is 1.38. The van der Waals surface area contributed by atoms with Gasteiger partial charge in [-0.25, -0.2) is 4.98 Å². The summed E-state index contributed by atoms with van der Waals surface area (Å²) in [5.41, 5.74) is 0.919. The van der Waals surface area contributed by atoms with Gasteiger partial charge in [0.1, 0.15) is 17.5 Å². The summed E-state index contributed by atoms with van der Waals surface area (Å²) in [6.45, 7) is 0. The van der Waals surface area contributed by atoms with Gasteiger partial charge in [0.05, 0.1) is 23.4 Å². The molecule has 0 aliphatic carbocycles. The molecule has 1 aromatic heterocycles. The molecule has 20 heavy (non-hydrogen) atoms. The van der Waals surface area contributed by atoms with E-state index in [-0.39, 0.29) is 5.69 Å².